The van der Waals surface area contributed by atoms with Crippen molar-refractivity contribution < 1.29 is 9.53 Å². The van der Waals surface area contributed by atoms with Gasteiger partial charge in [0.1, 0.15) is 5.75 Å². The second-order valence-electron chi connectivity index (χ2n) is 6.04. The molecule has 0 atom stereocenters. The summed E-state index contributed by atoms with van der Waals surface area (Å²) in [6.07, 6.45) is 0.0474. The van der Waals surface area contributed by atoms with E-state index in [0.717, 1.165) is 11.4 Å². The highest BCUT2D eigenvalue weighted by Gasteiger charge is 2.10. The number of nitrogens with zero attached hydrogens (tertiary/aromatic N) is 1. The number of ether oxygens (including phenoxy) is 1. The van der Waals surface area contributed by atoms with Gasteiger partial charge in [-0.3, -0.25) is 10.1 Å². The third-order valence-corrected chi connectivity index (χ3v) is 3.54. The summed E-state index contributed by atoms with van der Waals surface area (Å²) in [5.74, 6) is 0.373. The molecule has 0 heterocycles. The zero-order valence-corrected chi connectivity index (χ0v) is 15.7. The Kier molecular flexibility index (Phi) is 6.36. The van der Waals surface area contributed by atoms with Crippen LogP contribution in [0.2, 0.25) is 0 Å². The Labute approximate surface area is 154 Å². The maximum Gasteiger partial charge on any atom is 0.257 e. The van der Waals surface area contributed by atoms with E-state index in [2.05, 4.69) is 10.6 Å². The molecular formula is C19H23N3O2S. The molecule has 0 unspecified atom stereocenters. The van der Waals surface area contributed by atoms with Crippen LogP contribution >= 0.6 is 12.2 Å². The monoisotopic (exact) mass is 357 g/mol. The minimum absolute atomic E-state index is 0.0474. The van der Waals surface area contributed by atoms with E-state index in [1.54, 1.807) is 18.2 Å². The summed E-state index contributed by atoms with van der Waals surface area (Å²) >= 11 is 5.21. The first-order valence-electron chi connectivity index (χ1n) is 8.01. The van der Waals surface area contributed by atoms with Gasteiger partial charge in [0, 0.05) is 31.0 Å². The van der Waals surface area contributed by atoms with Gasteiger partial charge in [-0.15, -0.1) is 0 Å². The fourth-order valence-corrected chi connectivity index (χ4v) is 2.37. The van der Waals surface area contributed by atoms with Crippen LogP contribution in [0.25, 0.3) is 0 Å². The predicted octanol–water partition coefficient (Wildman–Crippen LogP) is 3.67. The minimum Gasteiger partial charge on any atom is -0.491 e. The first kappa shape index (κ1) is 18.7. The SMILES string of the molecule is CC(C)Oc1cccc(C(=O)NC(=S)Nc2ccc(N(C)C)cc2)c1. The lowest BCUT2D eigenvalue weighted by Crippen LogP contribution is -2.34. The van der Waals surface area contributed by atoms with Crippen molar-refractivity contribution in [3.63, 3.8) is 0 Å². The maximum atomic E-state index is 12.3. The quantitative estimate of drug-likeness (QED) is 0.800. The van der Waals surface area contributed by atoms with Gasteiger partial charge in [-0.2, -0.15) is 0 Å². The molecule has 0 spiro atoms. The zero-order chi connectivity index (χ0) is 18.4. The first-order chi connectivity index (χ1) is 11.8. The van der Waals surface area contributed by atoms with Gasteiger partial charge in [0.15, 0.2) is 5.11 Å². The summed E-state index contributed by atoms with van der Waals surface area (Å²) < 4.78 is 5.60. The van der Waals surface area contributed by atoms with Crippen molar-refractivity contribution >= 4 is 34.6 Å². The number of rotatable bonds is 5. The molecule has 2 aromatic carbocycles. The normalized spacial score (nSPS) is 10.3. The number of hydrogen-bond acceptors (Lipinski definition) is 4. The van der Waals surface area contributed by atoms with Gasteiger partial charge in [0.25, 0.3) is 5.91 Å². The van der Waals surface area contributed by atoms with Crippen LogP contribution in [0, 0.1) is 0 Å². The van der Waals surface area contributed by atoms with Crippen molar-refractivity contribution in [3.05, 3.63) is 54.1 Å². The summed E-state index contributed by atoms with van der Waals surface area (Å²) in [4.78, 5) is 14.3. The van der Waals surface area contributed by atoms with Crippen LogP contribution in [0.4, 0.5) is 11.4 Å². The summed E-state index contributed by atoms with van der Waals surface area (Å²) in [5, 5.41) is 5.93. The zero-order valence-electron chi connectivity index (χ0n) is 14.9. The van der Waals surface area contributed by atoms with E-state index in [1.807, 2.05) is 63.2 Å². The van der Waals surface area contributed by atoms with Crippen molar-refractivity contribution in [2.45, 2.75) is 20.0 Å². The third-order valence-electron chi connectivity index (χ3n) is 3.34. The minimum atomic E-state index is -0.281. The summed E-state index contributed by atoms with van der Waals surface area (Å²) in [5.41, 5.74) is 2.39. The van der Waals surface area contributed by atoms with Crippen LogP contribution in [-0.2, 0) is 0 Å². The molecule has 25 heavy (non-hydrogen) atoms. The van der Waals surface area contributed by atoms with E-state index in [1.165, 1.54) is 0 Å². The molecular weight excluding hydrogens is 334 g/mol. The highest BCUT2D eigenvalue weighted by Crippen LogP contribution is 2.16. The van der Waals surface area contributed by atoms with E-state index in [-0.39, 0.29) is 17.1 Å². The molecule has 6 heteroatoms. The average molecular weight is 357 g/mol. The maximum absolute atomic E-state index is 12.3. The highest BCUT2D eigenvalue weighted by atomic mass is 32.1. The third kappa shape index (κ3) is 5.76. The lowest BCUT2D eigenvalue weighted by molar-refractivity contribution is 0.0977. The predicted molar refractivity (Wildman–Crippen MR) is 107 cm³/mol. The van der Waals surface area contributed by atoms with Gasteiger partial charge in [-0.25, -0.2) is 0 Å². The van der Waals surface area contributed by atoms with Gasteiger partial charge < -0.3 is 15.0 Å². The highest BCUT2D eigenvalue weighted by molar-refractivity contribution is 7.80. The molecule has 0 saturated carbocycles. The molecule has 0 aromatic heterocycles. The van der Waals surface area contributed by atoms with Gasteiger partial charge in [-0.1, -0.05) is 6.07 Å². The molecule has 132 valence electrons. The van der Waals surface area contributed by atoms with E-state index in [0.29, 0.717) is 11.3 Å². The summed E-state index contributed by atoms with van der Waals surface area (Å²) in [6.45, 7) is 3.88. The van der Waals surface area contributed by atoms with Gasteiger partial charge in [-0.05, 0) is 68.5 Å². The molecule has 0 saturated heterocycles. The molecule has 1 amide bonds. The smallest absolute Gasteiger partial charge is 0.257 e. The fraction of sp³-hybridized carbons (Fsp3) is 0.263. The number of hydrogen-bond donors (Lipinski definition) is 2. The largest absolute Gasteiger partial charge is 0.491 e. The summed E-state index contributed by atoms with van der Waals surface area (Å²) in [7, 11) is 3.95. The van der Waals surface area contributed by atoms with Crippen molar-refractivity contribution in [2.75, 3.05) is 24.3 Å². The molecule has 0 fully saturated rings. The number of benzene rings is 2. The van der Waals surface area contributed by atoms with Crippen LogP contribution in [0.5, 0.6) is 5.75 Å². The van der Waals surface area contributed by atoms with Crippen molar-refractivity contribution in [1.82, 2.24) is 5.32 Å². The first-order valence-corrected chi connectivity index (χ1v) is 8.42. The van der Waals surface area contributed by atoms with E-state index in [9.17, 15) is 4.79 Å². The molecule has 0 aliphatic carbocycles. The fourth-order valence-electron chi connectivity index (χ4n) is 2.16. The average Bonchev–Trinajstić information content (AvgIpc) is 2.54. The number of carbonyl (C=O) groups excluding carboxylic acids is 1. The Balaban J connectivity index is 1.96. The van der Waals surface area contributed by atoms with E-state index >= 15 is 0 Å². The van der Waals surface area contributed by atoms with Crippen molar-refractivity contribution in [1.29, 1.82) is 0 Å². The van der Waals surface area contributed by atoms with Crippen molar-refractivity contribution in [2.24, 2.45) is 0 Å². The molecule has 2 aromatic rings. The molecule has 0 aliphatic heterocycles. The summed E-state index contributed by atoms with van der Waals surface area (Å²) in [6, 6.07) is 14.8. The van der Waals surface area contributed by atoms with E-state index < -0.39 is 0 Å². The number of amides is 1. The topological polar surface area (TPSA) is 53.6 Å². The van der Waals surface area contributed by atoms with Gasteiger partial charge >= 0.3 is 0 Å². The van der Waals surface area contributed by atoms with Crippen LogP contribution < -0.4 is 20.3 Å². The lowest BCUT2D eigenvalue weighted by Gasteiger charge is -2.14. The molecule has 2 rings (SSSR count). The van der Waals surface area contributed by atoms with Crippen LogP contribution in [0.1, 0.15) is 24.2 Å². The molecule has 0 radical (unpaired) electrons. The number of nitrogens with one attached hydrogen (secondary N) is 2. The van der Waals surface area contributed by atoms with Crippen LogP contribution in [0.15, 0.2) is 48.5 Å². The Morgan fingerprint density at radius 2 is 1.80 bits per heavy atom. The Morgan fingerprint density at radius 1 is 1.12 bits per heavy atom. The number of carbonyl (C=O) groups is 1. The molecule has 2 N–H and O–H groups in total. The number of anilines is 2. The number of thiocarbonyl (C=S) groups is 1. The van der Waals surface area contributed by atoms with Gasteiger partial charge in [0.2, 0.25) is 0 Å². The second-order valence-corrected chi connectivity index (χ2v) is 6.45. The Morgan fingerprint density at radius 3 is 2.40 bits per heavy atom. The van der Waals surface area contributed by atoms with Gasteiger partial charge in [0.05, 0.1) is 6.10 Å². The van der Waals surface area contributed by atoms with Crippen molar-refractivity contribution in [3.8, 4) is 5.75 Å². The standard InChI is InChI=1S/C19H23N3O2S/c1-13(2)24-17-7-5-6-14(12-17)18(23)21-19(25)20-15-8-10-16(11-9-15)22(3)4/h5-13H,1-4H3,(H2,20,21,23,25). The van der Waals surface area contributed by atoms with Crippen LogP contribution in [0.3, 0.4) is 0 Å². The molecule has 0 aliphatic rings. The molecule has 0 bridgehead atoms. The lowest BCUT2D eigenvalue weighted by atomic mass is 10.2. The Hall–Kier alpha value is -2.60. The molecule has 5 nitrogen and oxygen atoms in total. The van der Waals surface area contributed by atoms with E-state index in [4.69, 9.17) is 17.0 Å². The van der Waals surface area contributed by atoms with Crippen LogP contribution in [-0.4, -0.2) is 31.2 Å². The Bertz CT molecular complexity index is 743. The second kappa shape index (κ2) is 8.48.